The van der Waals surface area contributed by atoms with Gasteiger partial charge in [0.2, 0.25) is 11.8 Å². The molecule has 2 aliphatic heterocycles. The van der Waals surface area contributed by atoms with Gasteiger partial charge in [-0.25, -0.2) is 4.79 Å². The van der Waals surface area contributed by atoms with Crippen molar-refractivity contribution in [3.05, 3.63) is 17.8 Å². The van der Waals surface area contributed by atoms with Gasteiger partial charge in [-0.1, -0.05) is 0 Å². The number of likely N-dealkylation sites (tertiary alicyclic amines) is 1. The van der Waals surface area contributed by atoms with Gasteiger partial charge >= 0.3 is 6.09 Å². The van der Waals surface area contributed by atoms with Gasteiger partial charge in [0.15, 0.2) is 0 Å². The summed E-state index contributed by atoms with van der Waals surface area (Å²) < 4.78 is 10.5. The van der Waals surface area contributed by atoms with E-state index in [4.69, 9.17) is 9.47 Å². The number of nitrogens with zero attached hydrogens (tertiary/aromatic N) is 4. The summed E-state index contributed by atoms with van der Waals surface area (Å²) in [5.74, 6) is 0.382. The van der Waals surface area contributed by atoms with E-state index in [9.17, 15) is 9.59 Å². The number of carbonyl (C=O) groups is 2. The van der Waals surface area contributed by atoms with E-state index in [0.29, 0.717) is 32.1 Å². The number of aryl methyl sites for hydroxylation is 1. The number of cyclic esters (lactones) is 1. The lowest BCUT2D eigenvalue weighted by atomic mass is 10.3. The predicted molar refractivity (Wildman–Crippen MR) is 75.3 cm³/mol. The third-order valence-corrected chi connectivity index (χ3v) is 3.73. The van der Waals surface area contributed by atoms with Crippen molar-refractivity contribution in [2.45, 2.75) is 19.4 Å². The molecule has 0 N–H and O–H groups in total. The summed E-state index contributed by atoms with van der Waals surface area (Å²) in [5, 5.41) is 7.90. The molecule has 2 saturated heterocycles. The molecular formula is C14H18N4O4. The van der Waals surface area contributed by atoms with Crippen LogP contribution in [0.25, 0.3) is 0 Å². The van der Waals surface area contributed by atoms with Crippen LogP contribution in [-0.4, -0.2) is 70.9 Å². The Labute approximate surface area is 128 Å². The highest BCUT2D eigenvalue weighted by molar-refractivity contribution is 5.83. The number of rotatable bonds is 4. The third-order valence-electron chi connectivity index (χ3n) is 3.73. The van der Waals surface area contributed by atoms with Crippen molar-refractivity contribution < 1.29 is 19.1 Å². The predicted octanol–water partition coefficient (Wildman–Crippen LogP) is 0.217. The molecule has 8 heteroatoms. The van der Waals surface area contributed by atoms with Crippen LogP contribution < -0.4 is 4.74 Å². The molecule has 0 radical (unpaired) electrons. The lowest BCUT2D eigenvalue weighted by molar-refractivity contribution is -0.130. The quantitative estimate of drug-likeness (QED) is 0.791. The second-order valence-corrected chi connectivity index (χ2v) is 5.42. The van der Waals surface area contributed by atoms with E-state index in [2.05, 4.69) is 10.2 Å². The smallest absolute Gasteiger partial charge is 0.410 e. The molecule has 3 rings (SSSR count). The summed E-state index contributed by atoms with van der Waals surface area (Å²) in [6, 6.07) is 3.60. The van der Waals surface area contributed by atoms with Crippen LogP contribution in [-0.2, 0) is 9.53 Å². The second kappa shape index (κ2) is 6.17. The Morgan fingerprint density at radius 1 is 1.41 bits per heavy atom. The fraction of sp³-hybridized carbons (Fsp3) is 0.571. The Kier molecular flexibility index (Phi) is 4.08. The minimum absolute atomic E-state index is 0.0654. The van der Waals surface area contributed by atoms with E-state index >= 15 is 0 Å². The molecule has 0 aliphatic carbocycles. The van der Waals surface area contributed by atoms with Gasteiger partial charge in [0.25, 0.3) is 0 Å². The highest BCUT2D eigenvalue weighted by Gasteiger charge is 2.31. The van der Waals surface area contributed by atoms with Gasteiger partial charge < -0.3 is 14.4 Å². The molecule has 0 bridgehead atoms. The largest absolute Gasteiger partial charge is 0.471 e. The van der Waals surface area contributed by atoms with Crippen LogP contribution in [0.1, 0.15) is 12.1 Å². The monoisotopic (exact) mass is 306 g/mol. The first-order valence-electron chi connectivity index (χ1n) is 7.28. The minimum atomic E-state index is -0.421. The van der Waals surface area contributed by atoms with Crippen molar-refractivity contribution in [1.82, 2.24) is 20.0 Å². The van der Waals surface area contributed by atoms with Crippen molar-refractivity contribution in [2.24, 2.45) is 0 Å². The van der Waals surface area contributed by atoms with Crippen LogP contribution in [0.15, 0.2) is 12.1 Å². The lowest BCUT2D eigenvalue weighted by Crippen LogP contribution is -2.40. The van der Waals surface area contributed by atoms with Crippen LogP contribution in [0.3, 0.4) is 0 Å². The summed E-state index contributed by atoms with van der Waals surface area (Å²) in [6.07, 6.45) is 0.230. The average Bonchev–Trinajstić information content (AvgIpc) is 3.12. The highest BCUT2D eigenvalue weighted by atomic mass is 16.6. The summed E-state index contributed by atoms with van der Waals surface area (Å²) in [6.45, 7) is 3.86. The number of carbonyl (C=O) groups excluding carboxylic acids is 2. The van der Waals surface area contributed by atoms with Gasteiger partial charge in [0, 0.05) is 19.0 Å². The third kappa shape index (κ3) is 3.26. The molecule has 3 heterocycles. The normalized spacial score (nSPS) is 21.1. The van der Waals surface area contributed by atoms with Crippen molar-refractivity contribution in [3.63, 3.8) is 0 Å². The second-order valence-electron chi connectivity index (χ2n) is 5.42. The zero-order chi connectivity index (χ0) is 15.5. The van der Waals surface area contributed by atoms with Crippen LogP contribution in [0.2, 0.25) is 0 Å². The van der Waals surface area contributed by atoms with Crippen LogP contribution in [0.4, 0.5) is 4.79 Å². The Morgan fingerprint density at radius 3 is 2.95 bits per heavy atom. The first kappa shape index (κ1) is 14.6. The molecule has 1 unspecified atom stereocenters. The molecule has 2 aliphatic rings. The topological polar surface area (TPSA) is 84.9 Å². The van der Waals surface area contributed by atoms with E-state index in [-0.39, 0.29) is 18.6 Å². The SMILES string of the molecule is Cc1ccc(OC2CCN(C(=O)CN3CCOC3=O)C2)nn1. The van der Waals surface area contributed by atoms with Crippen LogP contribution >= 0.6 is 0 Å². The van der Waals surface area contributed by atoms with E-state index < -0.39 is 6.09 Å². The zero-order valence-corrected chi connectivity index (χ0v) is 12.4. The molecular weight excluding hydrogens is 288 g/mol. The Balaban J connectivity index is 1.50. The maximum Gasteiger partial charge on any atom is 0.410 e. The first-order valence-corrected chi connectivity index (χ1v) is 7.28. The van der Waals surface area contributed by atoms with Crippen molar-refractivity contribution in [3.8, 4) is 5.88 Å². The van der Waals surface area contributed by atoms with E-state index in [1.54, 1.807) is 11.0 Å². The molecule has 2 amide bonds. The van der Waals surface area contributed by atoms with E-state index in [1.165, 1.54) is 4.90 Å². The number of hydrogen-bond acceptors (Lipinski definition) is 6. The molecule has 22 heavy (non-hydrogen) atoms. The van der Waals surface area contributed by atoms with Crippen molar-refractivity contribution in [1.29, 1.82) is 0 Å². The molecule has 1 aromatic rings. The summed E-state index contributed by atoms with van der Waals surface area (Å²) in [4.78, 5) is 26.7. The fourth-order valence-electron chi connectivity index (χ4n) is 2.50. The standard InChI is InChI=1S/C14H18N4O4/c1-10-2-3-12(16-15-10)22-11-4-5-17(8-11)13(19)9-18-6-7-21-14(18)20/h2-3,11H,4-9H2,1H3. The van der Waals surface area contributed by atoms with E-state index in [1.807, 2.05) is 13.0 Å². The molecule has 8 nitrogen and oxygen atoms in total. The minimum Gasteiger partial charge on any atom is -0.471 e. The van der Waals surface area contributed by atoms with Gasteiger partial charge in [-0.2, -0.15) is 5.10 Å². The zero-order valence-electron chi connectivity index (χ0n) is 12.4. The van der Waals surface area contributed by atoms with Crippen molar-refractivity contribution in [2.75, 3.05) is 32.8 Å². The van der Waals surface area contributed by atoms with Gasteiger partial charge in [-0.3, -0.25) is 9.69 Å². The number of amides is 2. The van der Waals surface area contributed by atoms with Crippen molar-refractivity contribution >= 4 is 12.0 Å². The Bertz CT molecular complexity index is 562. The lowest BCUT2D eigenvalue weighted by Gasteiger charge is -2.19. The highest BCUT2D eigenvalue weighted by Crippen LogP contribution is 2.17. The maximum absolute atomic E-state index is 12.2. The molecule has 0 aromatic carbocycles. The molecule has 1 aromatic heterocycles. The first-order chi connectivity index (χ1) is 10.6. The van der Waals surface area contributed by atoms with Gasteiger partial charge in [-0.15, -0.1) is 5.10 Å². The Hall–Kier alpha value is -2.38. The molecule has 1 atom stereocenters. The number of hydrogen-bond donors (Lipinski definition) is 0. The Morgan fingerprint density at radius 2 is 2.27 bits per heavy atom. The summed E-state index contributed by atoms with van der Waals surface area (Å²) in [5.41, 5.74) is 0.827. The molecule has 118 valence electrons. The van der Waals surface area contributed by atoms with Crippen LogP contribution in [0, 0.1) is 6.92 Å². The maximum atomic E-state index is 12.2. The fourth-order valence-corrected chi connectivity index (χ4v) is 2.50. The summed E-state index contributed by atoms with van der Waals surface area (Å²) >= 11 is 0. The van der Waals surface area contributed by atoms with Gasteiger partial charge in [-0.05, 0) is 13.0 Å². The van der Waals surface area contributed by atoms with E-state index in [0.717, 1.165) is 12.1 Å². The number of ether oxygens (including phenoxy) is 2. The van der Waals surface area contributed by atoms with Gasteiger partial charge in [0.05, 0.1) is 18.8 Å². The molecule has 0 saturated carbocycles. The van der Waals surface area contributed by atoms with Gasteiger partial charge in [0.1, 0.15) is 19.3 Å². The average molecular weight is 306 g/mol. The molecule has 2 fully saturated rings. The number of aromatic nitrogens is 2. The summed E-state index contributed by atoms with van der Waals surface area (Å²) in [7, 11) is 0. The van der Waals surface area contributed by atoms with Crippen LogP contribution in [0.5, 0.6) is 5.88 Å². The molecule has 0 spiro atoms.